The van der Waals surface area contributed by atoms with Crippen molar-refractivity contribution in [1.29, 1.82) is 0 Å². The van der Waals surface area contributed by atoms with Gasteiger partial charge in [-0.3, -0.25) is 4.79 Å². The van der Waals surface area contributed by atoms with Gasteiger partial charge in [0.15, 0.2) is 0 Å². The zero-order valence-corrected chi connectivity index (χ0v) is 8.26. The summed E-state index contributed by atoms with van der Waals surface area (Å²) in [4.78, 5) is 18.7. The summed E-state index contributed by atoms with van der Waals surface area (Å²) in [5.41, 5.74) is 0. The van der Waals surface area contributed by atoms with Crippen LogP contribution in [0.15, 0.2) is 18.5 Å². The molecule has 1 heterocycles. The predicted molar refractivity (Wildman–Crippen MR) is 54.4 cm³/mol. The molecule has 1 aliphatic carbocycles. The Balaban J connectivity index is 1.97. The zero-order valence-electron chi connectivity index (χ0n) is 8.26. The van der Waals surface area contributed by atoms with Gasteiger partial charge in [-0.15, -0.1) is 0 Å². The molecular weight excluding hydrogens is 194 g/mol. The largest absolute Gasteiger partial charge is 0.481 e. The van der Waals surface area contributed by atoms with Gasteiger partial charge >= 0.3 is 5.97 Å². The summed E-state index contributed by atoms with van der Waals surface area (Å²) in [6, 6.07) is 1.69. The highest BCUT2D eigenvalue weighted by Crippen LogP contribution is 2.35. The molecule has 0 aromatic carbocycles. The maximum Gasteiger partial charge on any atom is 0.305 e. The summed E-state index contributed by atoms with van der Waals surface area (Å²) >= 11 is 0. The Morgan fingerprint density at radius 1 is 1.53 bits per heavy atom. The number of nitrogens with one attached hydrogen (secondary N) is 1. The molecule has 0 bridgehead atoms. The van der Waals surface area contributed by atoms with Crippen molar-refractivity contribution in [2.45, 2.75) is 25.3 Å². The summed E-state index contributed by atoms with van der Waals surface area (Å²) in [5, 5.41) is 11.8. The topological polar surface area (TPSA) is 75.1 Å². The van der Waals surface area contributed by atoms with E-state index in [9.17, 15) is 4.79 Å². The number of carboxylic acids is 1. The first kappa shape index (κ1) is 9.89. The molecular formula is C10H13N3O2. The van der Waals surface area contributed by atoms with E-state index in [2.05, 4.69) is 15.3 Å². The average molecular weight is 207 g/mol. The van der Waals surface area contributed by atoms with Crippen molar-refractivity contribution in [3.63, 3.8) is 0 Å². The average Bonchev–Trinajstić information content (AvgIpc) is 3.01. The smallest absolute Gasteiger partial charge is 0.305 e. The fourth-order valence-electron chi connectivity index (χ4n) is 1.56. The molecule has 0 spiro atoms. The SMILES string of the molecule is O=C(O)CC(Nc1ncccn1)C1CC1. The van der Waals surface area contributed by atoms with Crippen LogP contribution in [0.2, 0.25) is 0 Å². The lowest BCUT2D eigenvalue weighted by molar-refractivity contribution is -0.137. The minimum Gasteiger partial charge on any atom is -0.481 e. The summed E-state index contributed by atoms with van der Waals surface area (Å²) < 4.78 is 0. The minimum absolute atomic E-state index is 0.0371. The first-order valence-electron chi connectivity index (χ1n) is 5.01. The monoisotopic (exact) mass is 207 g/mol. The summed E-state index contributed by atoms with van der Waals surface area (Å²) in [7, 11) is 0. The number of rotatable bonds is 5. The van der Waals surface area contributed by atoms with Crippen LogP contribution in [0, 0.1) is 5.92 Å². The van der Waals surface area contributed by atoms with Gasteiger partial charge in [0.25, 0.3) is 0 Å². The Morgan fingerprint density at radius 2 is 2.20 bits per heavy atom. The molecule has 5 nitrogen and oxygen atoms in total. The number of carboxylic acid groups (broad SMARTS) is 1. The van der Waals surface area contributed by atoms with E-state index in [-0.39, 0.29) is 12.5 Å². The van der Waals surface area contributed by atoms with Crippen LogP contribution < -0.4 is 5.32 Å². The second-order valence-corrected chi connectivity index (χ2v) is 3.76. The standard InChI is InChI=1S/C10H13N3O2/c14-9(15)6-8(7-2-3-7)13-10-11-4-1-5-12-10/h1,4-5,7-8H,2-3,6H2,(H,14,15)(H,11,12,13). The van der Waals surface area contributed by atoms with E-state index in [0.29, 0.717) is 11.9 Å². The maximum atomic E-state index is 10.7. The van der Waals surface area contributed by atoms with Crippen molar-refractivity contribution in [3.8, 4) is 0 Å². The molecule has 1 saturated carbocycles. The molecule has 5 heteroatoms. The number of aromatic nitrogens is 2. The number of aliphatic carboxylic acids is 1. The second-order valence-electron chi connectivity index (χ2n) is 3.76. The Hall–Kier alpha value is -1.65. The molecule has 15 heavy (non-hydrogen) atoms. The van der Waals surface area contributed by atoms with E-state index >= 15 is 0 Å². The summed E-state index contributed by atoms with van der Waals surface area (Å²) in [6.45, 7) is 0. The minimum atomic E-state index is -0.782. The van der Waals surface area contributed by atoms with Gasteiger partial charge < -0.3 is 10.4 Å². The van der Waals surface area contributed by atoms with Crippen LogP contribution in [0.4, 0.5) is 5.95 Å². The van der Waals surface area contributed by atoms with Crippen molar-refractivity contribution in [1.82, 2.24) is 9.97 Å². The lowest BCUT2D eigenvalue weighted by Gasteiger charge is -2.15. The van der Waals surface area contributed by atoms with Gasteiger partial charge in [0, 0.05) is 18.4 Å². The van der Waals surface area contributed by atoms with E-state index in [1.165, 1.54) is 0 Å². The molecule has 1 aromatic heterocycles. The number of hydrogen-bond donors (Lipinski definition) is 2. The molecule has 1 atom stereocenters. The highest BCUT2D eigenvalue weighted by atomic mass is 16.4. The molecule has 1 fully saturated rings. The van der Waals surface area contributed by atoms with E-state index < -0.39 is 5.97 Å². The van der Waals surface area contributed by atoms with Crippen molar-refractivity contribution in [2.24, 2.45) is 5.92 Å². The normalized spacial score (nSPS) is 17.1. The highest BCUT2D eigenvalue weighted by Gasteiger charge is 2.33. The van der Waals surface area contributed by atoms with Gasteiger partial charge in [0.1, 0.15) is 0 Å². The van der Waals surface area contributed by atoms with Crippen LogP contribution in [-0.4, -0.2) is 27.1 Å². The van der Waals surface area contributed by atoms with Crippen molar-refractivity contribution in [2.75, 3.05) is 5.32 Å². The second kappa shape index (κ2) is 4.25. The van der Waals surface area contributed by atoms with Crippen LogP contribution in [0.3, 0.4) is 0 Å². The first-order valence-corrected chi connectivity index (χ1v) is 5.01. The molecule has 80 valence electrons. The molecule has 2 N–H and O–H groups in total. The van der Waals surface area contributed by atoms with Gasteiger partial charge in [0.05, 0.1) is 6.42 Å². The molecule has 1 aliphatic rings. The lowest BCUT2D eigenvalue weighted by atomic mass is 10.1. The zero-order chi connectivity index (χ0) is 10.7. The summed E-state index contributed by atoms with van der Waals surface area (Å²) in [6.07, 6.45) is 5.60. The maximum absolute atomic E-state index is 10.7. The Bertz CT molecular complexity index is 338. The van der Waals surface area contributed by atoms with Crippen LogP contribution in [0.1, 0.15) is 19.3 Å². The Labute approximate surface area is 87.6 Å². The van der Waals surface area contributed by atoms with Crippen molar-refractivity contribution in [3.05, 3.63) is 18.5 Å². The van der Waals surface area contributed by atoms with Gasteiger partial charge in [-0.05, 0) is 24.8 Å². The molecule has 0 radical (unpaired) electrons. The number of carbonyl (C=O) groups is 1. The van der Waals surface area contributed by atoms with E-state index in [1.807, 2.05) is 0 Å². The van der Waals surface area contributed by atoms with Gasteiger partial charge in [-0.1, -0.05) is 0 Å². The quantitative estimate of drug-likeness (QED) is 0.757. The predicted octanol–water partition coefficient (Wildman–Crippen LogP) is 1.14. The van der Waals surface area contributed by atoms with Crippen LogP contribution in [0.25, 0.3) is 0 Å². The number of anilines is 1. The molecule has 2 rings (SSSR count). The Morgan fingerprint density at radius 3 is 2.73 bits per heavy atom. The molecule has 0 amide bonds. The third-order valence-electron chi connectivity index (χ3n) is 2.47. The first-order chi connectivity index (χ1) is 7.25. The number of hydrogen-bond acceptors (Lipinski definition) is 4. The van der Waals surface area contributed by atoms with E-state index in [4.69, 9.17) is 5.11 Å². The summed E-state index contributed by atoms with van der Waals surface area (Å²) in [5.74, 6) is 0.191. The van der Waals surface area contributed by atoms with Crippen molar-refractivity contribution >= 4 is 11.9 Å². The van der Waals surface area contributed by atoms with Crippen LogP contribution in [0.5, 0.6) is 0 Å². The lowest BCUT2D eigenvalue weighted by Crippen LogP contribution is -2.26. The van der Waals surface area contributed by atoms with Gasteiger partial charge in [-0.2, -0.15) is 0 Å². The Kier molecular flexibility index (Phi) is 2.80. The van der Waals surface area contributed by atoms with E-state index in [1.54, 1.807) is 18.5 Å². The van der Waals surface area contributed by atoms with Crippen LogP contribution >= 0.6 is 0 Å². The van der Waals surface area contributed by atoms with Crippen molar-refractivity contribution < 1.29 is 9.90 Å². The number of nitrogens with zero attached hydrogens (tertiary/aromatic N) is 2. The van der Waals surface area contributed by atoms with Gasteiger partial charge in [-0.25, -0.2) is 9.97 Å². The van der Waals surface area contributed by atoms with Gasteiger partial charge in [0.2, 0.25) is 5.95 Å². The third kappa shape index (κ3) is 2.90. The third-order valence-corrected chi connectivity index (χ3v) is 2.47. The van der Waals surface area contributed by atoms with Crippen LogP contribution in [-0.2, 0) is 4.79 Å². The highest BCUT2D eigenvalue weighted by molar-refractivity contribution is 5.68. The molecule has 0 aliphatic heterocycles. The fraction of sp³-hybridized carbons (Fsp3) is 0.500. The fourth-order valence-corrected chi connectivity index (χ4v) is 1.56. The molecule has 0 saturated heterocycles. The van der Waals surface area contributed by atoms with E-state index in [0.717, 1.165) is 12.8 Å². The molecule has 1 aromatic rings. The molecule has 1 unspecified atom stereocenters.